The largest absolute Gasteiger partial charge is 0.367 e. The molecule has 1 N–H and O–H groups in total. The Morgan fingerprint density at radius 2 is 1.48 bits per heavy atom. The zero-order valence-corrected chi connectivity index (χ0v) is 14.0. The van der Waals surface area contributed by atoms with Crippen LogP contribution in [0, 0.1) is 5.92 Å². The summed E-state index contributed by atoms with van der Waals surface area (Å²) in [6.07, 6.45) is -0.570. The summed E-state index contributed by atoms with van der Waals surface area (Å²) in [5.74, 6) is 0.629. The van der Waals surface area contributed by atoms with Crippen molar-refractivity contribution in [2.75, 3.05) is 13.7 Å². The molecule has 1 amide bonds. The molecule has 0 fully saturated rings. The van der Waals surface area contributed by atoms with Crippen molar-refractivity contribution in [3.8, 4) is 0 Å². The van der Waals surface area contributed by atoms with E-state index < -0.39 is 6.10 Å². The molecule has 2 aromatic carbocycles. The SMILES string of the molecule is CO[C@H](C(=O)NC[C@H](c1ccccc1)C(C)C)c1ccccc1. The van der Waals surface area contributed by atoms with Gasteiger partial charge in [0, 0.05) is 19.6 Å². The monoisotopic (exact) mass is 311 g/mol. The fourth-order valence-electron chi connectivity index (χ4n) is 2.76. The van der Waals surface area contributed by atoms with Gasteiger partial charge in [0.15, 0.2) is 6.10 Å². The first kappa shape index (κ1) is 17.2. The number of hydrogen-bond acceptors (Lipinski definition) is 2. The average molecular weight is 311 g/mol. The first-order chi connectivity index (χ1) is 11.1. The lowest BCUT2D eigenvalue weighted by molar-refractivity contribution is -0.131. The van der Waals surface area contributed by atoms with Gasteiger partial charge in [-0.15, -0.1) is 0 Å². The van der Waals surface area contributed by atoms with Crippen LogP contribution in [-0.2, 0) is 9.53 Å². The Bertz CT molecular complexity index is 596. The summed E-state index contributed by atoms with van der Waals surface area (Å²) < 4.78 is 5.38. The van der Waals surface area contributed by atoms with Crippen molar-refractivity contribution in [2.24, 2.45) is 5.92 Å². The molecule has 0 saturated carbocycles. The predicted molar refractivity (Wildman–Crippen MR) is 93.2 cm³/mol. The summed E-state index contributed by atoms with van der Waals surface area (Å²) in [6, 6.07) is 19.9. The van der Waals surface area contributed by atoms with E-state index in [1.54, 1.807) is 7.11 Å². The van der Waals surface area contributed by atoms with Crippen LogP contribution in [0.4, 0.5) is 0 Å². The third-order valence-electron chi connectivity index (χ3n) is 4.10. The lowest BCUT2D eigenvalue weighted by Crippen LogP contribution is -2.34. The normalized spacial score (nSPS) is 13.6. The molecule has 0 aromatic heterocycles. The van der Waals surface area contributed by atoms with E-state index in [2.05, 4.69) is 31.3 Å². The summed E-state index contributed by atoms with van der Waals surface area (Å²) in [5, 5.41) is 3.05. The molecular weight excluding hydrogens is 286 g/mol. The van der Waals surface area contributed by atoms with E-state index in [1.165, 1.54) is 5.56 Å². The van der Waals surface area contributed by atoms with E-state index in [0.29, 0.717) is 12.5 Å². The van der Waals surface area contributed by atoms with Gasteiger partial charge in [-0.05, 0) is 17.0 Å². The maximum absolute atomic E-state index is 12.5. The third kappa shape index (κ3) is 4.67. The van der Waals surface area contributed by atoms with Gasteiger partial charge in [-0.3, -0.25) is 4.79 Å². The van der Waals surface area contributed by atoms with Gasteiger partial charge in [0.05, 0.1) is 0 Å². The molecule has 0 radical (unpaired) electrons. The first-order valence-corrected chi connectivity index (χ1v) is 8.04. The maximum Gasteiger partial charge on any atom is 0.253 e. The highest BCUT2D eigenvalue weighted by Crippen LogP contribution is 2.24. The van der Waals surface area contributed by atoms with Crippen LogP contribution >= 0.6 is 0 Å². The Morgan fingerprint density at radius 3 is 1.96 bits per heavy atom. The molecule has 23 heavy (non-hydrogen) atoms. The van der Waals surface area contributed by atoms with Crippen molar-refractivity contribution >= 4 is 5.91 Å². The molecule has 0 unspecified atom stereocenters. The van der Waals surface area contributed by atoms with Gasteiger partial charge < -0.3 is 10.1 Å². The highest BCUT2D eigenvalue weighted by Gasteiger charge is 2.22. The van der Waals surface area contributed by atoms with Gasteiger partial charge in [0.25, 0.3) is 5.91 Å². The fourth-order valence-corrected chi connectivity index (χ4v) is 2.76. The van der Waals surface area contributed by atoms with E-state index in [4.69, 9.17) is 4.74 Å². The van der Waals surface area contributed by atoms with Crippen molar-refractivity contribution in [1.29, 1.82) is 0 Å². The molecule has 0 spiro atoms. The van der Waals surface area contributed by atoms with Crippen LogP contribution in [-0.4, -0.2) is 19.6 Å². The van der Waals surface area contributed by atoms with Gasteiger partial charge in [0.2, 0.25) is 0 Å². The topological polar surface area (TPSA) is 38.3 Å². The number of rotatable bonds is 7. The molecule has 0 bridgehead atoms. The van der Waals surface area contributed by atoms with Gasteiger partial charge in [0.1, 0.15) is 0 Å². The Hall–Kier alpha value is -2.13. The van der Waals surface area contributed by atoms with E-state index in [0.717, 1.165) is 5.56 Å². The molecule has 0 aliphatic carbocycles. The lowest BCUT2D eigenvalue weighted by atomic mass is 9.88. The zero-order chi connectivity index (χ0) is 16.7. The van der Waals surface area contributed by atoms with Crippen LogP contribution in [0.2, 0.25) is 0 Å². The molecule has 3 nitrogen and oxygen atoms in total. The van der Waals surface area contributed by atoms with Gasteiger partial charge in [-0.2, -0.15) is 0 Å². The Balaban J connectivity index is 2.04. The number of hydrogen-bond donors (Lipinski definition) is 1. The van der Waals surface area contributed by atoms with Gasteiger partial charge in [-0.25, -0.2) is 0 Å². The fraction of sp³-hybridized carbons (Fsp3) is 0.350. The highest BCUT2D eigenvalue weighted by atomic mass is 16.5. The average Bonchev–Trinajstić information content (AvgIpc) is 2.57. The molecule has 122 valence electrons. The Morgan fingerprint density at radius 1 is 0.957 bits per heavy atom. The number of amides is 1. The van der Waals surface area contributed by atoms with E-state index in [1.807, 2.05) is 48.5 Å². The van der Waals surface area contributed by atoms with Gasteiger partial charge in [-0.1, -0.05) is 74.5 Å². The summed E-state index contributed by atoms with van der Waals surface area (Å²) in [5.41, 5.74) is 2.12. The van der Waals surface area contributed by atoms with Crippen molar-refractivity contribution < 1.29 is 9.53 Å². The summed E-state index contributed by atoms with van der Waals surface area (Å²) >= 11 is 0. The maximum atomic E-state index is 12.5. The van der Waals surface area contributed by atoms with Crippen molar-refractivity contribution in [2.45, 2.75) is 25.9 Å². The minimum Gasteiger partial charge on any atom is -0.367 e. The molecule has 0 heterocycles. The van der Waals surface area contributed by atoms with Crippen LogP contribution < -0.4 is 5.32 Å². The molecule has 0 aliphatic heterocycles. The van der Waals surface area contributed by atoms with Crippen molar-refractivity contribution in [1.82, 2.24) is 5.32 Å². The number of nitrogens with one attached hydrogen (secondary N) is 1. The first-order valence-electron chi connectivity index (χ1n) is 8.04. The second-order valence-electron chi connectivity index (χ2n) is 6.03. The van der Waals surface area contributed by atoms with Crippen molar-refractivity contribution in [3.63, 3.8) is 0 Å². The minimum absolute atomic E-state index is 0.0970. The second kappa shape index (κ2) is 8.49. The van der Waals surface area contributed by atoms with Crippen molar-refractivity contribution in [3.05, 3.63) is 71.8 Å². The van der Waals surface area contributed by atoms with Crippen LogP contribution in [0.25, 0.3) is 0 Å². The number of ether oxygens (including phenoxy) is 1. The van der Waals surface area contributed by atoms with E-state index in [9.17, 15) is 4.79 Å². The molecular formula is C20H25NO2. The Kier molecular flexibility index (Phi) is 6.36. The quantitative estimate of drug-likeness (QED) is 0.841. The number of carbonyl (C=O) groups is 1. The van der Waals surface area contributed by atoms with E-state index in [-0.39, 0.29) is 11.8 Å². The van der Waals surface area contributed by atoms with Crippen LogP contribution in [0.3, 0.4) is 0 Å². The molecule has 2 aromatic rings. The highest BCUT2D eigenvalue weighted by molar-refractivity contribution is 5.82. The van der Waals surface area contributed by atoms with Crippen LogP contribution in [0.1, 0.15) is 37.0 Å². The zero-order valence-electron chi connectivity index (χ0n) is 14.0. The second-order valence-corrected chi connectivity index (χ2v) is 6.03. The predicted octanol–water partition coefficient (Wildman–Crippen LogP) is 3.93. The number of carbonyl (C=O) groups excluding carboxylic acids is 1. The number of benzene rings is 2. The molecule has 2 rings (SSSR count). The standard InChI is InChI=1S/C20H25NO2/c1-15(2)18(16-10-6-4-7-11-16)14-21-20(22)19(23-3)17-12-8-5-9-13-17/h4-13,15,18-19H,14H2,1-3H3,(H,21,22)/t18-,19-/m0/s1. The minimum atomic E-state index is -0.570. The summed E-state index contributed by atoms with van der Waals surface area (Å²) in [6.45, 7) is 4.96. The molecule has 0 saturated heterocycles. The lowest BCUT2D eigenvalue weighted by Gasteiger charge is -2.23. The molecule has 3 heteroatoms. The summed E-state index contributed by atoms with van der Waals surface area (Å²) in [4.78, 5) is 12.5. The van der Waals surface area contributed by atoms with Crippen LogP contribution in [0.15, 0.2) is 60.7 Å². The van der Waals surface area contributed by atoms with Crippen LogP contribution in [0.5, 0.6) is 0 Å². The third-order valence-corrected chi connectivity index (χ3v) is 4.10. The smallest absolute Gasteiger partial charge is 0.253 e. The molecule has 2 atom stereocenters. The Labute approximate surface area is 138 Å². The van der Waals surface area contributed by atoms with Gasteiger partial charge >= 0.3 is 0 Å². The number of methoxy groups -OCH3 is 1. The molecule has 0 aliphatic rings. The summed E-state index contributed by atoms with van der Waals surface area (Å²) in [7, 11) is 1.56. The van der Waals surface area contributed by atoms with E-state index >= 15 is 0 Å².